The molecule has 0 saturated carbocycles. The largest absolute Gasteiger partial charge is 0.369 e. The van der Waals surface area contributed by atoms with Crippen molar-refractivity contribution in [3.63, 3.8) is 0 Å². The first-order chi connectivity index (χ1) is 20.3. The van der Waals surface area contributed by atoms with E-state index in [0.717, 1.165) is 22.4 Å². The van der Waals surface area contributed by atoms with Gasteiger partial charge in [-0.3, -0.25) is 9.88 Å². The van der Waals surface area contributed by atoms with Gasteiger partial charge in [0.15, 0.2) is 6.23 Å². The predicted molar refractivity (Wildman–Crippen MR) is 162 cm³/mol. The Kier molecular flexibility index (Phi) is 7.71. The summed E-state index contributed by atoms with van der Waals surface area (Å²) in [7, 11) is 0. The monoisotopic (exact) mass is 599 g/mol. The number of nitrogens with zero attached hydrogens (tertiary/aromatic N) is 6. The molecule has 0 bridgehead atoms. The van der Waals surface area contributed by atoms with E-state index in [4.69, 9.17) is 33.4 Å². The van der Waals surface area contributed by atoms with Crippen LogP contribution in [0.25, 0.3) is 11.6 Å². The molecule has 2 aromatic carbocycles. The maximum atomic E-state index is 13.0. The minimum Gasteiger partial charge on any atom is -0.369 e. The quantitative estimate of drug-likeness (QED) is 0.309. The van der Waals surface area contributed by atoms with Crippen LogP contribution in [0.4, 0.5) is 10.5 Å². The average Bonchev–Trinajstić information content (AvgIpc) is 3.37. The number of rotatable bonds is 4. The van der Waals surface area contributed by atoms with Gasteiger partial charge in [-0.05, 0) is 72.2 Å². The van der Waals surface area contributed by atoms with E-state index in [0.29, 0.717) is 58.9 Å². The molecule has 11 heteroatoms. The lowest BCUT2D eigenvalue weighted by atomic mass is 9.93. The van der Waals surface area contributed by atoms with Gasteiger partial charge in [0, 0.05) is 61.1 Å². The van der Waals surface area contributed by atoms with Gasteiger partial charge < -0.3 is 19.9 Å². The molecule has 0 spiro atoms. The number of halogens is 2. The third kappa shape index (κ3) is 5.38. The summed E-state index contributed by atoms with van der Waals surface area (Å²) in [5.41, 5.74) is 5.19. The molecule has 0 radical (unpaired) electrons. The minimum absolute atomic E-state index is 0.194. The molecule has 2 N–H and O–H groups in total. The van der Waals surface area contributed by atoms with E-state index in [9.17, 15) is 9.90 Å². The number of carbonyl (C=O) groups is 1. The number of amides is 2. The van der Waals surface area contributed by atoms with Crippen molar-refractivity contribution in [2.24, 2.45) is 0 Å². The van der Waals surface area contributed by atoms with Crippen LogP contribution in [0.3, 0.4) is 0 Å². The number of aliphatic hydroxyl groups is 1. The van der Waals surface area contributed by atoms with Crippen molar-refractivity contribution < 1.29 is 9.90 Å². The fraction of sp³-hybridized carbons (Fsp3) is 0.226. The number of anilines is 1. The molecule has 9 nitrogen and oxygen atoms in total. The molecule has 2 aromatic heterocycles. The van der Waals surface area contributed by atoms with Crippen LogP contribution in [0.15, 0.2) is 67.1 Å². The van der Waals surface area contributed by atoms with Crippen molar-refractivity contribution in [3.05, 3.63) is 111 Å². The second kappa shape index (κ2) is 11.6. The summed E-state index contributed by atoms with van der Waals surface area (Å²) in [6.45, 7) is 4.03. The molecule has 1 aliphatic carbocycles. The van der Waals surface area contributed by atoms with E-state index in [1.807, 2.05) is 37.3 Å². The van der Waals surface area contributed by atoms with E-state index in [1.54, 1.807) is 52.3 Å². The lowest BCUT2D eigenvalue weighted by Crippen LogP contribution is -2.51. The third-order valence-electron chi connectivity index (χ3n) is 7.74. The van der Waals surface area contributed by atoms with Crippen LogP contribution >= 0.6 is 23.2 Å². The number of carbonyl (C=O) groups excluding carboxylic acids is 1. The van der Waals surface area contributed by atoms with Gasteiger partial charge in [-0.15, -0.1) is 0 Å². The number of pyridine rings is 1. The zero-order chi connectivity index (χ0) is 29.4. The van der Waals surface area contributed by atoms with Gasteiger partial charge in [0.05, 0.1) is 28.4 Å². The third-order valence-corrected chi connectivity index (χ3v) is 8.18. The number of benzene rings is 2. The average molecular weight is 601 g/mol. The molecule has 1 unspecified atom stereocenters. The Morgan fingerprint density at radius 1 is 1.07 bits per heavy atom. The summed E-state index contributed by atoms with van der Waals surface area (Å²) >= 11 is 12.9. The van der Waals surface area contributed by atoms with Gasteiger partial charge in [0.25, 0.3) is 0 Å². The highest BCUT2D eigenvalue weighted by atomic mass is 35.5. The van der Waals surface area contributed by atoms with Crippen molar-refractivity contribution in [1.29, 1.82) is 5.26 Å². The number of aromatic nitrogens is 3. The fourth-order valence-electron chi connectivity index (χ4n) is 5.61. The summed E-state index contributed by atoms with van der Waals surface area (Å²) in [5.74, 6) is 0.674. The molecule has 2 atom stereocenters. The maximum Gasteiger partial charge on any atom is 0.321 e. The Labute approximate surface area is 253 Å². The molecule has 4 aromatic rings. The predicted octanol–water partition coefficient (Wildman–Crippen LogP) is 5.75. The van der Waals surface area contributed by atoms with Crippen LogP contribution in [0.2, 0.25) is 10.0 Å². The standard InChI is InChI=1S/C31H27Cl2N7O2/c1-19-35-8-9-40(19)30(41)27-15-21-14-23(33)18-36-28(21)29(25-7-4-22(32)16-26(25)27)38-10-12-39(13-11-38)31(42)37-24-5-2-20(17-34)3-6-24/h2-9,14-16,18,29-30,41H,10-13H2,1H3,(H,37,42)/t29-,30?/m0/s1. The van der Waals surface area contributed by atoms with Gasteiger partial charge in [0.1, 0.15) is 5.82 Å². The van der Waals surface area contributed by atoms with E-state index in [2.05, 4.69) is 21.3 Å². The van der Waals surface area contributed by atoms with Gasteiger partial charge in [-0.2, -0.15) is 5.26 Å². The zero-order valence-electron chi connectivity index (χ0n) is 22.7. The Bertz CT molecular complexity index is 1720. The molecular formula is C31H27Cl2N7O2. The lowest BCUT2D eigenvalue weighted by Gasteiger charge is -2.39. The van der Waals surface area contributed by atoms with Crippen LogP contribution < -0.4 is 5.32 Å². The fourth-order valence-corrected chi connectivity index (χ4v) is 5.95. The minimum atomic E-state index is -1.02. The van der Waals surface area contributed by atoms with E-state index in [1.165, 1.54) is 0 Å². The van der Waals surface area contributed by atoms with E-state index in [-0.39, 0.29) is 12.1 Å². The highest BCUT2D eigenvalue weighted by molar-refractivity contribution is 6.31. The molecule has 2 amide bonds. The first-order valence-corrected chi connectivity index (χ1v) is 14.2. The molecule has 212 valence electrons. The Hall–Kier alpha value is -4.20. The first-order valence-electron chi connectivity index (χ1n) is 13.5. The van der Waals surface area contributed by atoms with Crippen molar-refractivity contribution in [1.82, 2.24) is 24.3 Å². The first kappa shape index (κ1) is 27.9. The zero-order valence-corrected chi connectivity index (χ0v) is 24.2. The van der Waals surface area contributed by atoms with E-state index >= 15 is 0 Å². The van der Waals surface area contributed by atoms with Crippen LogP contribution in [0, 0.1) is 18.3 Å². The number of urea groups is 1. The molecule has 42 heavy (non-hydrogen) atoms. The van der Waals surface area contributed by atoms with Crippen molar-refractivity contribution in [3.8, 4) is 6.07 Å². The topological polar surface area (TPSA) is 110 Å². The number of hydrogen-bond acceptors (Lipinski definition) is 6. The molecule has 3 heterocycles. The number of hydrogen-bond donors (Lipinski definition) is 2. The molecular weight excluding hydrogens is 573 g/mol. The highest BCUT2D eigenvalue weighted by Crippen LogP contribution is 2.43. The van der Waals surface area contributed by atoms with E-state index < -0.39 is 6.23 Å². The van der Waals surface area contributed by atoms with Gasteiger partial charge in [-0.1, -0.05) is 29.3 Å². The maximum absolute atomic E-state index is 13.0. The molecule has 1 aliphatic heterocycles. The number of aliphatic hydroxyl groups excluding tert-OH is 1. The lowest BCUT2D eigenvalue weighted by molar-refractivity contribution is 0.125. The summed E-state index contributed by atoms with van der Waals surface area (Å²) in [6, 6.07) is 16.0. The SMILES string of the molecule is Cc1nccn1C(O)C1=Cc2cc(Cl)cnc2[C@@H](N2CCN(C(=O)Nc3ccc(C#N)cc3)CC2)c2ccc(Cl)cc21. The van der Waals surface area contributed by atoms with Crippen LogP contribution in [0.5, 0.6) is 0 Å². The number of nitriles is 1. The van der Waals surface area contributed by atoms with Gasteiger partial charge in [0.2, 0.25) is 0 Å². The van der Waals surface area contributed by atoms with Gasteiger partial charge >= 0.3 is 6.03 Å². The Balaban J connectivity index is 1.32. The summed E-state index contributed by atoms with van der Waals surface area (Å²) in [6.07, 6.45) is 5.94. The number of fused-ring (bicyclic) bond motifs is 2. The molecule has 1 fully saturated rings. The Morgan fingerprint density at radius 2 is 1.83 bits per heavy atom. The molecule has 6 rings (SSSR count). The second-order valence-electron chi connectivity index (χ2n) is 10.3. The summed E-state index contributed by atoms with van der Waals surface area (Å²) < 4.78 is 1.71. The summed E-state index contributed by atoms with van der Waals surface area (Å²) in [4.78, 5) is 26.2. The van der Waals surface area contributed by atoms with Crippen molar-refractivity contribution >= 4 is 46.6 Å². The molecule has 2 aliphatic rings. The van der Waals surface area contributed by atoms with Crippen molar-refractivity contribution in [2.45, 2.75) is 19.2 Å². The highest BCUT2D eigenvalue weighted by Gasteiger charge is 2.35. The van der Waals surface area contributed by atoms with Crippen LogP contribution in [-0.2, 0) is 0 Å². The summed E-state index contributed by atoms with van der Waals surface area (Å²) in [5, 5.41) is 24.6. The normalized spacial score (nSPS) is 17.4. The number of nitrogens with one attached hydrogen (secondary N) is 1. The number of piperazine rings is 1. The van der Waals surface area contributed by atoms with Crippen molar-refractivity contribution in [2.75, 3.05) is 31.5 Å². The Morgan fingerprint density at radius 3 is 2.52 bits per heavy atom. The number of imidazole rings is 1. The second-order valence-corrected chi connectivity index (χ2v) is 11.1. The smallest absolute Gasteiger partial charge is 0.321 e. The van der Waals surface area contributed by atoms with Crippen LogP contribution in [-0.4, -0.2) is 61.7 Å². The molecule has 1 saturated heterocycles. The number of aryl methyl sites for hydroxylation is 1. The van der Waals surface area contributed by atoms with Crippen LogP contribution in [0.1, 0.15) is 46.0 Å². The van der Waals surface area contributed by atoms with Gasteiger partial charge in [-0.25, -0.2) is 9.78 Å².